The molecule has 1 aromatic carbocycles. The second kappa shape index (κ2) is 9.56. The number of rotatable bonds is 7. The van der Waals surface area contributed by atoms with Gasteiger partial charge in [-0.3, -0.25) is 0 Å². The highest BCUT2D eigenvalue weighted by Gasteiger charge is 2.28. The van der Waals surface area contributed by atoms with E-state index in [2.05, 4.69) is 6.92 Å². The maximum Gasteiger partial charge on any atom is 0.410 e. The molecule has 0 aromatic heterocycles. The number of ether oxygens (including phenoxy) is 1. The molecule has 1 amide bonds. The van der Waals surface area contributed by atoms with E-state index in [1.54, 1.807) is 0 Å². The van der Waals surface area contributed by atoms with Crippen LogP contribution in [-0.2, 0) is 11.3 Å². The van der Waals surface area contributed by atoms with Crippen LogP contribution in [0.2, 0.25) is 0 Å². The van der Waals surface area contributed by atoms with Crippen molar-refractivity contribution in [3.05, 3.63) is 35.9 Å². The Balaban J connectivity index is 1.90. The van der Waals surface area contributed by atoms with E-state index in [1.807, 2.05) is 35.2 Å². The summed E-state index contributed by atoms with van der Waals surface area (Å²) in [5.74, 6) is 0. The molecule has 23 heavy (non-hydrogen) atoms. The molecule has 0 aliphatic heterocycles. The molecule has 4 nitrogen and oxygen atoms in total. The van der Waals surface area contributed by atoms with Crippen LogP contribution in [0.4, 0.5) is 4.79 Å². The third kappa shape index (κ3) is 5.87. The van der Waals surface area contributed by atoms with E-state index >= 15 is 0 Å². The Morgan fingerprint density at radius 1 is 1.17 bits per heavy atom. The van der Waals surface area contributed by atoms with Gasteiger partial charge in [-0.15, -0.1) is 0 Å². The number of aliphatic hydroxyl groups is 1. The van der Waals surface area contributed by atoms with Gasteiger partial charge in [-0.1, -0.05) is 50.1 Å². The second-order valence-electron chi connectivity index (χ2n) is 6.40. The van der Waals surface area contributed by atoms with E-state index in [0.717, 1.165) is 57.1 Å². The van der Waals surface area contributed by atoms with E-state index < -0.39 is 0 Å². The molecule has 128 valence electrons. The highest BCUT2D eigenvalue weighted by atomic mass is 16.6. The zero-order valence-electron chi connectivity index (χ0n) is 14.1. The first-order chi connectivity index (χ1) is 11.2. The van der Waals surface area contributed by atoms with Crippen LogP contribution in [0, 0.1) is 0 Å². The first-order valence-corrected chi connectivity index (χ1v) is 8.86. The lowest BCUT2D eigenvalue weighted by Crippen LogP contribution is -2.43. The Kier molecular flexibility index (Phi) is 7.40. The van der Waals surface area contributed by atoms with Crippen LogP contribution < -0.4 is 0 Å². The highest BCUT2D eigenvalue weighted by Crippen LogP contribution is 2.24. The Bertz CT molecular complexity index is 455. The maximum atomic E-state index is 12.5. The Morgan fingerprint density at radius 3 is 2.52 bits per heavy atom. The molecule has 1 aromatic rings. The van der Waals surface area contributed by atoms with E-state index in [0.29, 0.717) is 6.61 Å². The summed E-state index contributed by atoms with van der Waals surface area (Å²) in [5.41, 5.74) is 1.01. The van der Waals surface area contributed by atoms with Crippen molar-refractivity contribution in [2.75, 3.05) is 6.54 Å². The summed E-state index contributed by atoms with van der Waals surface area (Å²) >= 11 is 0. The number of aliphatic hydroxyl groups excluding tert-OH is 1. The summed E-state index contributed by atoms with van der Waals surface area (Å²) in [5, 5.41) is 9.68. The zero-order chi connectivity index (χ0) is 16.5. The van der Waals surface area contributed by atoms with Crippen molar-refractivity contribution in [3.63, 3.8) is 0 Å². The van der Waals surface area contributed by atoms with Crippen LogP contribution in [0.25, 0.3) is 0 Å². The van der Waals surface area contributed by atoms with Crippen LogP contribution in [-0.4, -0.2) is 34.8 Å². The van der Waals surface area contributed by atoms with E-state index in [4.69, 9.17) is 4.74 Å². The third-order valence-corrected chi connectivity index (χ3v) is 4.55. The first-order valence-electron chi connectivity index (χ1n) is 8.86. The summed E-state index contributed by atoms with van der Waals surface area (Å²) < 4.78 is 5.53. The van der Waals surface area contributed by atoms with Crippen LogP contribution in [0.5, 0.6) is 0 Å². The van der Waals surface area contributed by atoms with E-state index in [1.165, 1.54) is 0 Å². The predicted molar refractivity (Wildman–Crippen MR) is 91.1 cm³/mol. The van der Waals surface area contributed by atoms with Crippen LogP contribution in [0.15, 0.2) is 30.3 Å². The van der Waals surface area contributed by atoms with Gasteiger partial charge in [0.25, 0.3) is 0 Å². The molecule has 1 fully saturated rings. The molecule has 0 heterocycles. The molecule has 0 atom stereocenters. The average molecular weight is 319 g/mol. The summed E-state index contributed by atoms with van der Waals surface area (Å²) in [6.07, 6.45) is 6.14. The van der Waals surface area contributed by atoms with Crippen LogP contribution >= 0.6 is 0 Å². The van der Waals surface area contributed by atoms with Crippen molar-refractivity contribution in [3.8, 4) is 0 Å². The molecular formula is C19H29NO3. The van der Waals surface area contributed by atoms with Crippen molar-refractivity contribution in [1.29, 1.82) is 0 Å². The molecule has 1 saturated carbocycles. The van der Waals surface area contributed by atoms with Crippen molar-refractivity contribution < 1.29 is 14.6 Å². The van der Waals surface area contributed by atoms with Crippen molar-refractivity contribution in [1.82, 2.24) is 4.90 Å². The molecule has 0 unspecified atom stereocenters. The molecule has 1 aliphatic rings. The Labute approximate surface area is 139 Å². The molecular weight excluding hydrogens is 290 g/mol. The largest absolute Gasteiger partial charge is 0.445 e. The molecule has 0 spiro atoms. The fraction of sp³-hybridized carbons (Fsp3) is 0.632. The first kappa shape index (κ1) is 17.8. The minimum atomic E-state index is -0.216. The number of amides is 1. The van der Waals surface area contributed by atoms with Crippen LogP contribution in [0.1, 0.15) is 57.4 Å². The summed E-state index contributed by atoms with van der Waals surface area (Å²) in [4.78, 5) is 14.4. The highest BCUT2D eigenvalue weighted by molar-refractivity contribution is 5.68. The van der Waals surface area contributed by atoms with Gasteiger partial charge in [0.2, 0.25) is 0 Å². The van der Waals surface area contributed by atoms with Gasteiger partial charge in [0.05, 0.1) is 6.10 Å². The van der Waals surface area contributed by atoms with Gasteiger partial charge in [0.1, 0.15) is 6.61 Å². The Hall–Kier alpha value is -1.55. The molecule has 0 radical (unpaired) electrons. The monoisotopic (exact) mass is 319 g/mol. The average Bonchev–Trinajstić information content (AvgIpc) is 2.59. The van der Waals surface area contributed by atoms with Crippen LogP contribution in [0.3, 0.4) is 0 Å². The SMILES string of the molecule is CCCCCN(C(=O)OCc1ccccc1)[C@H]1CC[C@H](O)CC1. The zero-order valence-corrected chi connectivity index (χ0v) is 14.1. The lowest BCUT2D eigenvalue weighted by molar-refractivity contribution is 0.0487. The van der Waals surface area contributed by atoms with Gasteiger partial charge in [-0.2, -0.15) is 0 Å². The lowest BCUT2D eigenvalue weighted by atomic mass is 9.92. The smallest absolute Gasteiger partial charge is 0.410 e. The number of nitrogens with zero attached hydrogens (tertiary/aromatic N) is 1. The van der Waals surface area contributed by atoms with Gasteiger partial charge < -0.3 is 14.7 Å². The summed E-state index contributed by atoms with van der Waals surface area (Å²) in [7, 11) is 0. The van der Waals surface area contributed by atoms with Crippen molar-refractivity contribution in [2.24, 2.45) is 0 Å². The van der Waals surface area contributed by atoms with E-state index in [9.17, 15) is 9.90 Å². The molecule has 0 bridgehead atoms. The fourth-order valence-corrected chi connectivity index (χ4v) is 3.13. The quantitative estimate of drug-likeness (QED) is 0.769. The number of unbranched alkanes of at least 4 members (excludes halogenated alkanes) is 2. The number of carbonyl (C=O) groups is 1. The fourth-order valence-electron chi connectivity index (χ4n) is 3.13. The van der Waals surface area contributed by atoms with Crippen molar-refractivity contribution in [2.45, 2.75) is 70.6 Å². The maximum absolute atomic E-state index is 12.5. The Morgan fingerprint density at radius 2 is 1.87 bits per heavy atom. The number of hydrogen-bond acceptors (Lipinski definition) is 3. The normalized spacial score (nSPS) is 21.0. The second-order valence-corrected chi connectivity index (χ2v) is 6.40. The van der Waals surface area contributed by atoms with E-state index in [-0.39, 0.29) is 18.2 Å². The van der Waals surface area contributed by atoms with Gasteiger partial charge in [0, 0.05) is 12.6 Å². The summed E-state index contributed by atoms with van der Waals surface area (Å²) in [6, 6.07) is 9.99. The summed E-state index contributed by atoms with van der Waals surface area (Å²) in [6.45, 7) is 3.23. The number of carbonyl (C=O) groups excluding carboxylic acids is 1. The lowest BCUT2D eigenvalue weighted by Gasteiger charge is -2.35. The molecule has 1 aliphatic carbocycles. The minimum absolute atomic E-state index is 0.205. The van der Waals surface area contributed by atoms with Gasteiger partial charge in [0.15, 0.2) is 0 Å². The van der Waals surface area contributed by atoms with Gasteiger partial charge >= 0.3 is 6.09 Å². The molecule has 0 saturated heterocycles. The topological polar surface area (TPSA) is 49.8 Å². The van der Waals surface area contributed by atoms with Crippen molar-refractivity contribution >= 4 is 6.09 Å². The molecule has 2 rings (SSSR count). The molecule has 4 heteroatoms. The number of benzene rings is 1. The third-order valence-electron chi connectivity index (χ3n) is 4.55. The molecule has 1 N–H and O–H groups in total. The van der Waals surface area contributed by atoms with Gasteiger partial charge in [-0.05, 0) is 37.7 Å². The van der Waals surface area contributed by atoms with Gasteiger partial charge in [-0.25, -0.2) is 4.79 Å². The predicted octanol–water partition coefficient (Wildman–Crippen LogP) is 4.12. The number of hydrogen-bond donors (Lipinski definition) is 1. The minimum Gasteiger partial charge on any atom is -0.445 e. The standard InChI is InChI=1S/C19H29NO3/c1-2-3-7-14-20(17-10-12-18(21)13-11-17)19(22)23-15-16-8-5-4-6-9-16/h4-6,8-9,17-18,21H,2-3,7,10-15H2,1H3/t17-,18-.